The van der Waals surface area contributed by atoms with Crippen molar-refractivity contribution in [3.8, 4) is 0 Å². The highest BCUT2D eigenvalue weighted by Crippen LogP contribution is 2.07. The van der Waals surface area contributed by atoms with Crippen LogP contribution in [0.15, 0.2) is 10.9 Å². The molecule has 0 aliphatic rings. The van der Waals surface area contributed by atoms with Gasteiger partial charge in [0.05, 0.1) is 6.61 Å². The number of ether oxygens (including phenoxy) is 1. The fraction of sp³-hybridized carbons (Fsp3) is 0.400. The van der Waals surface area contributed by atoms with E-state index in [1.165, 1.54) is 0 Å². The third-order valence-corrected chi connectivity index (χ3v) is 3.13. The number of amides is 1. The summed E-state index contributed by atoms with van der Waals surface area (Å²) in [5.74, 6) is -0.379. The second-order valence-corrected chi connectivity index (χ2v) is 4.40. The number of rotatable bonds is 4. The molecule has 16 heavy (non-hydrogen) atoms. The van der Waals surface area contributed by atoms with Crippen LogP contribution in [0.2, 0.25) is 0 Å². The molecular formula is C10H13IN2O3. The summed E-state index contributed by atoms with van der Waals surface area (Å²) in [7, 11) is 1.55. The summed E-state index contributed by atoms with van der Waals surface area (Å²) < 4.78 is 5.65. The Labute approximate surface area is 107 Å². The third-order valence-electron chi connectivity index (χ3n) is 2.01. The molecule has 1 aromatic rings. The lowest BCUT2D eigenvalue weighted by molar-refractivity contribution is 0.0935. The quantitative estimate of drug-likeness (QED) is 0.627. The van der Waals surface area contributed by atoms with Crippen LogP contribution in [0.5, 0.6) is 0 Å². The minimum atomic E-state index is -0.379. The van der Waals surface area contributed by atoms with Crippen LogP contribution in [-0.4, -0.2) is 31.2 Å². The first-order valence-corrected chi connectivity index (χ1v) is 5.80. The summed E-state index contributed by atoms with van der Waals surface area (Å²) >= 11 is 2.07. The molecule has 1 heterocycles. The zero-order chi connectivity index (χ0) is 12.1. The van der Waals surface area contributed by atoms with Crippen molar-refractivity contribution in [2.24, 2.45) is 0 Å². The van der Waals surface area contributed by atoms with E-state index in [0.717, 1.165) is 9.26 Å². The third kappa shape index (κ3) is 3.31. The van der Waals surface area contributed by atoms with Crippen LogP contribution in [0, 0.1) is 10.5 Å². The molecule has 0 spiro atoms. The zero-order valence-electron chi connectivity index (χ0n) is 9.09. The fourth-order valence-corrected chi connectivity index (χ4v) is 1.57. The highest BCUT2D eigenvalue weighted by Gasteiger charge is 2.11. The van der Waals surface area contributed by atoms with Crippen LogP contribution in [0.3, 0.4) is 0 Å². The largest absolute Gasteiger partial charge is 0.383 e. The number of hydrogen-bond acceptors (Lipinski definition) is 3. The van der Waals surface area contributed by atoms with Gasteiger partial charge >= 0.3 is 0 Å². The molecule has 0 saturated heterocycles. The van der Waals surface area contributed by atoms with Gasteiger partial charge in [-0.2, -0.15) is 0 Å². The van der Waals surface area contributed by atoms with Gasteiger partial charge in [-0.25, -0.2) is 0 Å². The summed E-state index contributed by atoms with van der Waals surface area (Å²) in [6.45, 7) is 2.60. The van der Waals surface area contributed by atoms with Crippen molar-refractivity contribution in [2.45, 2.75) is 6.92 Å². The predicted octanol–water partition coefficient (Wildman–Crippen LogP) is 0.664. The van der Waals surface area contributed by atoms with Gasteiger partial charge < -0.3 is 15.0 Å². The van der Waals surface area contributed by atoms with E-state index in [9.17, 15) is 9.59 Å². The number of hydrogen-bond donors (Lipinski definition) is 2. The van der Waals surface area contributed by atoms with Crippen LogP contribution < -0.4 is 10.9 Å². The van der Waals surface area contributed by atoms with Gasteiger partial charge in [-0.3, -0.25) is 9.59 Å². The van der Waals surface area contributed by atoms with E-state index >= 15 is 0 Å². The molecule has 6 heteroatoms. The lowest BCUT2D eigenvalue weighted by Crippen LogP contribution is -2.32. The van der Waals surface area contributed by atoms with Crippen molar-refractivity contribution in [1.29, 1.82) is 0 Å². The van der Waals surface area contributed by atoms with E-state index in [2.05, 4.69) is 32.9 Å². The van der Waals surface area contributed by atoms with Gasteiger partial charge in [0, 0.05) is 22.9 Å². The number of pyridine rings is 1. The Hall–Kier alpha value is -0.890. The van der Waals surface area contributed by atoms with Gasteiger partial charge in [-0.05, 0) is 35.6 Å². The van der Waals surface area contributed by atoms with Gasteiger partial charge in [0.15, 0.2) is 0 Å². The average Bonchev–Trinajstić information content (AvgIpc) is 2.23. The molecule has 1 rings (SSSR count). The van der Waals surface area contributed by atoms with E-state index in [0.29, 0.717) is 13.2 Å². The van der Waals surface area contributed by atoms with Gasteiger partial charge in [-0.15, -0.1) is 0 Å². The molecule has 0 aliphatic carbocycles. The Morgan fingerprint density at radius 3 is 2.94 bits per heavy atom. The Bertz CT molecular complexity index is 442. The molecule has 2 N–H and O–H groups in total. The molecule has 1 aromatic heterocycles. The molecule has 0 fully saturated rings. The van der Waals surface area contributed by atoms with Crippen LogP contribution in [0.1, 0.15) is 16.1 Å². The molecule has 0 aromatic carbocycles. The van der Waals surface area contributed by atoms with E-state index < -0.39 is 0 Å². The molecule has 0 saturated carbocycles. The normalized spacial score (nSPS) is 10.2. The molecule has 0 atom stereocenters. The molecule has 0 bridgehead atoms. The number of aryl methyl sites for hydroxylation is 1. The maximum Gasteiger partial charge on any atom is 0.261 e. The van der Waals surface area contributed by atoms with Gasteiger partial charge in [0.1, 0.15) is 5.56 Å². The maximum atomic E-state index is 11.6. The maximum absolute atomic E-state index is 11.6. The predicted molar refractivity (Wildman–Crippen MR) is 68.7 cm³/mol. The highest BCUT2D eigenvalue weighted by molar-refractivity contribution is 14.1. The fourth-order valence-electron chi connectivity index (χ4n) is 1.13. The smallest absolute Gasteiger partial charge is 0.261 e. The summed E-state index contributed by atoms with van der Waals surface area (Å²) in [5.41, 5.74) is 0.526. The summed E-state index contributed by atoms with van der Waals surface area (Å²) in [6, 6.07) is 1.58. The van der Waals surface area contributed by atoms with Crippen LogP contribution in [0.4, 0.5) is 0 Å². The molecular weight excluding hydrogens is 323 g/mol. The average molecular weight is 336 g/mol. The first-order chi connectivity index (χ1) is 7.56. The van der Waals surface area contributed by atoms with Crippen LogP contribution in [-0.2, 0) is 4.74 Å². The number of aromatic nitrogens is 1. The summed E-state index contributed by atoms with van der Waals surface area (Å²) in [5, 5.41) is 2.60. The number of halogens is 1. The van der Waals surface area contributed by atoms with Crippen LogP contribution in [0.25, 0.3) is 0 Å². The van der Waals surface area contributed by atoms with E-state index in [-0.39, 0.29) is 17.0 Å². The van der Waals surface area contributed by atoms with E-state index in [4.69, 9.17) is 4.74 Å². The SMILES string of the molecule is COCCNC(=O)c1cc(I)c(C)[nH]c1=O. The minimum absolute atomic E-state index is 0.131. The Kier molecular flexibility index (Phi) is 4.94. The molecule has 88 valence electrons. The van der Waals surface area contributed by atoms with Gasteiger partial charge in [-0.1, -0.05) is 0 Å². The molecule has 0 aliphatic heterocycles. The van der Waals surface area contributed by atoms with E-state index in [1.807, 2.05) is 0 Å². The number of methoxy groups -OCH3 is 1. The van der Waals surface area contributed by atoms with Gasteiger partial charge in [0.2, 0.25) is 0 Å². The Balaban J connectivity index is 2.84. The first kappa shape index (κ1) is 13.2. The van der Waals surface area contributed by atoms with Crippen molar-refractivity contribution in [3.63, 3.8) is 0 Å². The lowest BCUT2D eigenvalue weighted by Gasteiger charge is -2.05. The highest BCUT2D eigenvalue weighted by atomic mass is 127. The van der Waals surface area contributed by atoms with Crippen molar-refractivity contribution >= 4 is 28.5 Å². The van der Waals surface area contributed by atoms with E-state index in [1.54, 1.807) is 20.1 Å². The Morgan fingerprint density at radius 2 is 2.31 bits per heavy atom. The van der Waals surface area contributed by atoms with Crippen molar-refractivity contribution in [2.75, 3.05) is 20.3 Å². The number of carbonyl (C=O) groups is 1. The zero-order valence-corrected chi connectivity index (χ0v) is 11.3. The van der Waals surface area contributed by atoms with Crippen molar-refractivity contribution in [3.05, 3.63) is 31.2 Å². The second kappa shape index (κ2) is 6.00. The molecule has 5 nitrogen and oxygen atoms in total. The first-order valence-electron chi connectivity index (χ1n) is 4.73. The molecule has 0 unspecified atom stereocenters. The number of carbonyl (C=O) groups excluding carboxylic acids is 1. The number of nitrogens with one attached hydrogen (secondary N) is 2. The Morgan fingerprint density at radius 1 is 1.62 bits per heavy atom. The monoisotopic (exact) mass is 336 g/mol. The lowest BCUT2D eigenvalue weighted by atomic mass is 10.2. The topological polar surface area (TPSA) is 71.2 Å². The van der Waals surface area contributed by atoms with Crippen molar-refractivity contribution < 1.29 is 9.53 Å². The molecule has 1 amide bonds. The minimum Gasteiger partial charge on any atom is -0.383 e. The van der Waals surface area contributed by atoms with Crippen molar-refractivity contribution in [1.82, 2.24) is 10.3 Å². The summed E-state index contributed by atoms with van der Waals surface area (Å²) in [4.78, 5) is 25.8. The standard InChI is InChI=1S/C10H13IN2O3/c1-6-8(11)5-7(10(15)13-6)9(14)12-3-4-16-2/h5H,3-4H2,1-2H3,(H,12,14)(H,13,15). The summed E-state index contributed by atoms with van der Waals surface area (Å²) in [6.07, 6.45) is 0. The van der Waals surface area contributed by atoms with Gasteiger partial charge in [0.25, 0.3) is 11.5 Å². The molecule has 0 radical (unpaired) electrons. The second-order valence-electron chi connectivity index (χ2n) is 3.23. The van der Waals surface area contributed by atoms with Crippen LogP contribution >= 0.6 is 22.6 Å². The number of H-pyrrole nitrogens is 1. The number of aromatic amines is 1.